The smallest absolute Gasteiger partial charge is 0.224 e. The topological polar surface area (TPSA) is 51.1 Å². The summed E-state index contributed by atoms with van der Waals surface area (Å²) in [6.45, 7) is 3.13. The van der Waals surface area contributed by atoms with Crippen molar-refractivity contribution in [2.45, 2.75) is 29.0 Å². The fourth-order valence-electron chi connectivity index (χ4n) is 3.11. The Hall–Kier alpha value is -1.37. The van der Waals surface area contributed by atoms with E-state index in [-0.39, 0.29) is 4.75 Å². The van der Waals surface area contributed by atoms with Crippen molar-refractivity contribution in [3.63, 3.8) is 0 Å². The summed E-state index contributed by atoms with van der Waals surface area (Å²) in [5, 5.41) is 1.35. The van der Waals surface area contributed by atoms with E-state index in [4.69, 9.17) is 16.3 Å². The minimum absolute atomic E-state index is 0.0397. The lowest BCUT2D eigenvalue weighted by Gasteiger charge is -2.40. The van der Waals surface area contributed by atoms with Crippen molar-refractivity contribution in [2.75, 3.05) is 31.2 Å². The molecule has 126 valence electrons. The van der Waals surface area contributed by atoms with Crippen LogP contribution in [0.4, 0.5) is 5.82 Å². The number of morpholine rings is 1. The first kappa shape index (κ1) is 16.1. The maximum atomic E-state index is 6.25. The van der Waals surface area contributed by atoms with E-state index < -0.39 is 0 Å². The fourth-order valence-corrected chi connectivity index (χ4v) is 4.65. The normalized spacial score (nSPS) is 19.8. The molecule has 1 aliphatic heterocycles. The molecule has 7 heteroatoms. The molecule has 0 unspecified atom stereocenters. The Morgan fingerprint density at radius 1 is 1.17 bits per heavy atom. The number of ether oxygens (including phenoxy) is 1. The molecule has 1 saturated carbocycles. The van der Waals surface area contributed by atoms with Gasteiger partial charge in [0.05, 0.1) is 28.7 Å². The maximum absolute atomic E-state index is 6.25. The SMILES string of the molecule is Clc1nc(N2CCOCC2)cc(C2(Sc3ccccn3)CCC2)n1. The van der Waals surface area contributed by atoms with Gasteiger partial charge in [-0.2, -0.15) is 0 Å². The highest BCUT2D eigenvalue weighted by Gasteiger charge is 2.42. The Morgan fingerprint density at radius 2 is 2.00 bits per heavy atom. The van der Waals surface area contributed by atoms with Gasteiger partial charge < -0.3 is 9.64 Å². The molecule has 0 radical (unpaired) electrons. The first-order chi connectivity index (χ1) is 11.8. The van der Waals surface area contributed by atoms with Gasteiger partial charge in [-0.3, -0.25) is 0 Å². The Bertz CT molecular complexity index is 705. The lowest BCUT2D eigenvalue weighted by atomic mass is 9.81. The van der Waals surface area contributed by atoms with Crippen LogP contribution in [-0.2, 0) is 9.48 Å². The summed E-state index contributed by atoms with van der Waals surface area (Å²) >= 11 is 8.05. The van der Waals surface area contributed by atoms with Crippen LogP contribution < -0.4 is 4.90 Å². The molecule has 0 N–H and O–H groups in total. The van der Waals surface area contributed by atoms with Crippen LogP contribution in [0.1, 0.15) is 25.0 Å². The maximum Gasteiger partial charge on any atom is 0.224 e. The molecular weight excluding hydrogens is 344 g/mol. The van der Waals surface area contributed by atoms with Gasteiger partial charge in [0.25, 0.3) is 0 Å². The largest absolute Gasteiger partial charge is 0.378 e. The van der Waals surface area contributed by atoms with E-state index in [0.717, 1.165) is 55.7 Å². The third kappa shape index (κ3) is 3.23. The molecule has 2 aromatic heterocycles. The van der Waals surface area contributed by atoms with Crippen molar-refractivity contribution in [1.29, 1.82) is 0 Å². The monoisotopic (exact) mass is 362 g/mol. The summed E-state index contributed by atoms with van der Waals surface area (Å²) in [7, 11) is 0. The average molecular weight is 363 g/mol. The summed E-state index contributed by atoms with van der Waals surface area (Å²) in [4.78, 5) is 15.7. The van der Waals surface area contributed by atoms with Gasteiger partial charge >= 0.3 is 0 Å². The molecule has 0 bridgehead atoms. The number of nitrogens with zero attached hydrogens (tertiary/aromatic N) is 4. The number of hydrogen-bond acceptors (Lipinski definition) is 6. The van der Waals surface area contributed by atoms with Gasteiger partial charge in [-0.15, -0.1) is 0 Å². The van der Waals surface area contributed by atoms with Gasteiger partial charge in [-0.25, -0.2) is 15.0 Å². The number of pyridine rings is 1. The van der Waals surface area contributed by atoms with Crippen molar-refractivity contribution >= 4 is 29.2 Å². The summed E-state index contributed by atoms with van der Waals surface area (Å²) in [5.74, 6) is 0.904. The summed E-state index contributed by atoms with van der Waals surface area (Å²) in [6, 6.07) is 8.12. The Morgan fingerprint density at radius 3 is 2.67 bits per heavy atom. The Kier molecular flexibility index (Phi) is 4.61. The summed E-state index contributed by atoms with van der Waals surface area (Å²) < 4.78 is 5.39. The highest BCUT2D eigenvalue weighted by molar-refractivity contribution is 8.00. The number of halogens is 1. The van der Waals surface area contributed by atoms with E-state index in [1.165, 1.54) is 6.42 Å². The van der Waals surface area contributed by atoms with Gasteiger partial charge in [-0.1, -0.05) is 17.8 Å². The van der Waals surface area contributed by atoms with Crippen LogP contribution in [0.2, 0.25) is 5.28 Å². The lowest BCUT2D eigenvalue weighted by molar-refractivity contribution is 0.122. The zero-order chi connectivity index (χ0) is 16.4. The Labute approximate surface area is 150 Å². The van der Waals surface area contributed by atoms with Crippen molar-refractivity contribution in [3.8, 4) is 0 Å². The molecule has 5 nitrogen and oxygen atoms in total. The quantitative estimate of drug-likeness (QED) is 0.775. The first-order valence-electron chi connectivity index (χ1n) is 8.23. The van der Waals surface area contributed by atoms with Crippen LogP contribution in [0.15, 0.2) is 35.5 Å². The molecule has 4 rings (SSSR count). The minimum atomic E-state index is -0.0397. The number of rotatable bonds is 4. The first-order valence-corrected chi connectivity index (χ1v) is 9.42. The molecule has 0 aromatic carbocycles. The van der Waals surface area contributed by atoms with Crippen molar-refractivity contribution in [1.82, 2.24) is 15.0 Å². The summed E-state index contributed by atoms with van der Waals surface area (Å²) in [6.07, 6.45) is 5.21. The standard InChI is InChI=1S/C17H19ClN4OS/c18-16-20-13(12-14(21-16)22-8-10-23-11-9-22)17(5-3-6-17)24-15-4-1-2-7-19-15/h1-2,4,7,12H,3,5-6,8-11H2. The van der Waals surface area contributed by atoms with Crippen molar-refractivity contribution < 1.29 is 4.74 Å². The molecule has 2 aromatic rings. The second-order valence-electron chi connectivity index (χ2n) is 6.10. The molecule has 0 amide bonds. The zero-order valence-electron chi connectivity index (χ0n) is 13.3. The third-order valence-corrected chi connectivity index (χ3v) is 6.21. The molecule has 1 aliphatic carbocycles. The third-order valence-electron chi connectivity index (χ3n) is 4.59. The minimum Gasteiger partial charge on any atom is -0.378 e. The number of hydrogen-bond donors (Lipinski definition) is 0. The number of aromatic nitrogens is 3. The van der Waals surface area contributed by atoms with Crippen molar-refractivity contribution in [2.24, 2.45) is 0 Å². The van der Waals surface area contributed by atoms with Crippen LogP contribution in [0.3, 0.4) is 0 Å². The molecular formula is C17H19ClN4OS. The lowest BCUT2D eigenvalue weighted by Crippen LogP contribution is -2.38. The molecule has 0 spiro atoms. The van der Waals surface area contributed by atoms with Crippen LogP contribution >= 0.6 is 23.4 Å². The van der Waals surface area contributed by atoms with E-state index in [9.17, 15) is 0 Å². The van der Waals surface area contributed by atoms with E-state index in [1.54, 1.807) is 11.8 Å². The average Bonchev–Trinajstić information content (AvgIpc) is 2.59. The molecule has 24 heavy (non-hydrogen) atoms. The van der Waals surface area contributed by atoms with E-state index in [2.05, 4.69) is 32.0 Å². The molecule has 1 saturated heterocycles. The Balaban J connectivity index is 1.65. The molecule has 0 atom stereocenters. The highest BCUT2D eigenvalue weighted by Crippen LogP contribution is 2.54. The second-order valence-corrected chi connectivity index (χ2v) is 7.84. The summed E-state index contributed by atoms with van der Waals surface area (Å²) in [5.41, 5.74) is 1.02. The van der Waals surface area contributed by atoms with E-state index in [1.807, 2.05) is 18.3 Å². The van der Waals surface area contributed by atoms with Crippen LogP contribution in [0.5, 0.6) is 0 Å². The predicted molar refractivity (Wildman–Crippen MR) is 95.7 cm³/mol. The fraction of sp³-hybridized carbons (Fsp3) is 0.471. The van der Waals surface area contributed by atoms with Gasteiger partial charge in [0, 0.05) is 25.4 Å². The van der Waals surface area contributed by atoms with Gasteiger partial charge in [-0.05, 0) is 43.0 Å². The van der Waals surface area contributed by atoms with Crippen LogP contribution in [0, 0.1) is 0 Å². The van der Waals surface area contributed by atoms with Crippen LogP contribution in [0.25, 0.3) is 0 Å². The molecule has 3 heterocycles. The van der Waals surface area contributed by atoms with Crippen molar-refractivity contribution in [3.05, 3.63) is 41.4 Å². The van der Waals surface area contributed by atoms with E-state index >= 15 is 0 Å². The van der Waals surface area contributed by atoms with Crippen LogP contribution in [-0.4, -0.2) is 41.3 Å². The number of anilines is 1. The number of thioether (sulfide) groups is 1. The molecule has 2 aliphatic rings. The second kappa shape index (κ2) is 6.86. The predicted octanol–water partition coefficient (Wildman–Crippen LogP) is 3.53. The van der Waals surface area contributed by atoms with Gasteiger partial charge in [0.1, 0.15) is 5.82 Å². The zero-order valence-corrected chi connectivity index (χ0v) is 14.9. The molecule has 2 fully saturated rings. The van der Waals surface area contributed by atoms with Gasteiger partial charge in [0.2, 0.25) is 5.28 Å². The van der Waals surface area contributed by atoms with Gasteiger partial charge in [0.15, 0.2) is 0 Å². The van der Waals surface area contributed by atoms with E-state index in [0.29, 0.717) is 5.28 Å². The highest BCUT2D eigenvalue weighted by atomic mass is 35.5.